The van der Waals surface area contributed by atoms with Gasteiger partial charge in [0.05, 0.1) is 34.0 Å². The van der Waals surface area contributed by atoms with Gasteiger partial charge in [0.25, 0.3) is 5.91 Å². The van der Waals surface area contributed by atoms with Gasteiger partial charge >= 0.3 is 0 Å². The van der Waals surface area contributed by atoms with Gasteiger partial charge in [-0.3, -0.25) is 4.79 Å². The molecule has 5 nitrogen and oxygen atoms in total. The van der Waals surface area contributed by atoms with Crippen LogP contribution in [0.5, 0.6) is 11.5 Å². The summed E-state index contributed by atoms with van der Waals surface area (Å²) in [5.74, 6) is 0.494. The number of benzene rings is 3. The summed E-state index contributed by atoms with van der Waals surface area (Å²) in [6.45, 7) is 0.227. The molecule has 3 rings (SSSR count). The van der Waals surface area contributed by atoms with Crippen LogP contribution in [0.3, 0.4) is 0 Å². The Balaban J connectivity index is 1.76. The van der Waals surface area contributed by atoms with Crippen molar-refractivity contribution in [2.75, 3.05) is 7.11 Å². The first kappa shape index (κ1) is 23.2. The summed E-state index contributed by atoms with van der Waals surface area (Å²) in [6, 6.07) is 15.1. The Hall–Kier alpha value is -2.44. The summed E-state index contributed by atoms with van der Waals surface area (Å²) in [4.78, 5) is 12.3. The summed E-state index contributed by atoms with van der Waals surface area (Å²) >= 11 is 23.9. The summed E-state index contributed by atoms with van der Waals surface area (Å²) in [7, 11) is 1.53. The van der Waals surface area contributed by atoms with E-state index in [9.17, 15) is 4.79 Å². The van der Waals surface area contributed by atoms with Crippen molar-refractivity contribution < 1.29 is 14.3 Å². The quantitative estimate of drug-likeness (QED) is 0.293. The van der Waals surface area contributed by atoms with Crippen LogP contribution in [0.25, 0.3) is 0 Å². The third-order valence-corrected chi connectivity index (χ3v) is 5.43. The number of ether oxygens (including phenoxy) is 2. The van der Waals surface area contributed by atoms with Gasteiger partial charge in [0.1, 0.15) is 6.61 Å². The Bertz CT molecular complexity index is 1140. The lowest BCUT2D eigenvalue weighted by Gasteiger charge is -2.13. The fourth-order valence-electron chi connectivity index (χ4n) is 2.63. The zero-order valence-corrected chi connectivity index (χ0v) is 19.2. The number of carbonyl (C=O) groups excluding carboxylic acids is 1. The lowest BCUT2D eigenvalue weighted by atomic mass is 10.2. The molecule has 0 aliphatic heterocycles. The van der Waals surface area contributed by atoms with Gasteiger partial charge in [-0.05, 0) is 48.0 Å². The Morgan fingerprint density at radius 3 is 2.52 bits per heavy atom. The molecule has 0 spiro atoms. The molecule has 1 amide bonds. The monoisotopic (exact) mass is 496 g/mol. The summed E-state index contributed by atoms with van der Waals surface area (Å²) in [5, 5.41) is 5.58. The SMILES string of the molecule is COc1cccc(/C=N\NC(=O)c2ccc(Cl)cc2Cl)c1OCc1ccc(Cl)c(Cl)c1. The molecule has 0 aromatic heterocycles. The molecule has 0 radical (unpaired) electrons. The first-order valence-corrected chi connectivity index (χ1v) is 10.4. The number of carbonyl (C=O) groups is 1. The maximum atomic E-state index is 12.3. The molecule has 31 heavy (non-hydrogen) atoms. The molecule has 0 fully saturated rings. The lowest BCUT2D eigenvalue weighted by molar-refractivity contribution is 0.0955. The summed E-state index contributed by atoms with van der Waals surface area (Å²) in [6.07, 6.45) is 1.45. The molecule has 1 N–H and O–H groups in total. The van der Waals surface area contributed by atoms with Crippen LogP contribution in [0.4, 0.5) is 0 Å². The second kappa shape index (κ2) is 10.7. The van der Waals surface area contributed by atoms with Crippen LogP contribution in [0.15, 0.2) is 59.7 Å². The highest BCUT2D eigenvalue weighted by Gasteiger charge is 2.12. The van der Waals surface area contributed by atoms with E-state index >= 15 is 0 Å². The Labute approximate surface area is 199 Å². The number of para-hydroxylation sites is 1. The lowest BCUT2D eigenvalue weighted by Crippen LogP contribution is -2.18. The van der Waals surface area contributed by atoms with E-state index in [-0.39, 0.29) is 17.2 Å². The van der Waals surface area contributed by atoms with E-state index in [0.717, 1.165) is 5.56 Å². The first-order valence-electron chi connectivity index (χ1n) is 8.91. The van der Waals surface area contributed by atoms with E-state index < -0.39 is 5.91 Å². The van der Waals surface area contributed by atoms with Crippen molar-refractivity contribution in [2.45, 2.75) is 6.61 Å². The predicted molar refractivity (Wildman–Crippen MR) is 125 cm³/mol. The molecule has 0 saturated heterocycles. The van der Waals surface area contributed by atoms with E-state index in [1.54, 1.807) is 36.4 Å². The molecule has 0 aliphatic carbocycles. The Morgan fingerprint density at radius 1 is 1.00 bits per heavy atom. The number of amides is 1. The van der Waals surface area contributed by atoms with Gasteiger partial charge < -0.3 is 9.47 Å². The van der Waals surface area contributed by atoms with Gasteiger partial charge in [0.2, 0.25) is 0 Å². The predicted octanol–water partition coefficient (Wildman–Crippen LogP) is 6.65. The van der Waals surface area contributed by atoms with Crippen molar-refractivity contribution in [3.05, 3.63) is 91.4 Å². The fraction of sp³-hybridized carbons (Fsp3) is 0.0909. The summed E-state index contributed by atoms with van der Waals surface area (Å²) < 4.78 is 11.3. The third kappa shape index (κ3) is 6.05. The number of hydrogen-bond donors (Lipinski definition) is 1. The molecule has 0 bridgehead atoms. The molecular weight excluding hydrogens is 482 g/mol. The number of hydrazone groups is 1. The molecule has 0 aliphatic rings. The van der Waals surface area contributed by atoms with Crippen LogP contribution in [-0.2, 0) is 6.61 Å². The number of hydrogen-bond acceptors (Lipinski definition) is 4. The van der Waals surface area contributed by atoms with Gasteiger partial charge in [0, 0.05) is 10.6 Å². The standard InChI is InChI=1S/C22H16Cl4N2O3/c1-30-20-4-2-3-14(21(20)31-12-13-5-8-17(24)19(26)9-13)11-27-28-22(29)16-7-6-15(23)10-18(16)25/h2-11H,12H2,1H3,(H,28,29)/b27-11-. The van der Waals surface area contributed by atoms with Gasteiger partial charge in [-0.15, -0.1) is 0 Å². The number of rotatable bonds is 7. The van der Waals surface area contributed by atoms with E-state index in [1.165, 1.54) is 25.5 Å². The first-order chi connectivity index (χ1) is 14.9. The van der Waals surface area contributed by atoms with Crippen LogP contribution in [-0.4, -0.2) is 19.2 Å². The van der Waals surface area contributed by atoms with Gasteiger partial charge in [-0.2, -0.15) is 5.10 Å². The van der Waals surface area contributed by atoms with Crippen LogP contribution in [0, 0.1) is 0 Å². The van der Waals surface area contributed by atoms with Gasteiger partial charge in [-0.1, -0.05) is 58.5 Å². The van der Waals surface area contributed by atoms with Crippen molar-refractivity contribution in [3.63, 3.8) is 0 Å². The van der Waals surface area contributed by atoms with Crippen LogP contribution in [0.2, 0.25) is 20.1 Å². The zero-order valence-electron chi connectivity index (χ0n) is 16.2. The van der Waals surface area contributed by atoms with Gasteiger partial charge in [-0.25, -0.2) is 5.43 Å². The van der Waals surface area contributed by atoms with E-state index in [1.807, 2.05) is 6.07 Å². The highest BCUT2D eigenvalue weighted by molar-refractivity contribution is 6.42. The van der Waals surface area contributed by atoms with Crippen molar-refractivity contribution in [2.24, 2.45) is 5.10 Å². The smallest absolute Gasteiger partial charge is 0.272 e. The van der Waals surface area contributed by atoms with E-state index in [4.69, 9.17) is 55.9 Å². The van der Waals surface area contributed by atoms with Crippen LogP contribution >= 0.6 is 46.4 Å². The molecule has 160 valence electrons. The largest absolute Gasteiger partial charge is 0.493 e. The van der Waals surface area contributed by atoms with Crippen molar-refractivity contribution in [3.8, 4) is 11.5 Å². The molecule has 0 unspecified atom stereocenters. The van der Waals surface area contributed by atoms with Crippen LogP contribution < -0.4 is 14.9 Å². The highest BCUT2D eigenvalue weighted by atomic mass is 35.5. The Morgan fingerprint density at radius 2 is 1.81 bits per heavy atom. The maximum Gasteiger partial charge on any atom is 0.272 e. The number of nitrogens with one attached hydrogen (secondary N) is 1. The third-order valence-electron chi connectivity index (χ3n) is 4.14. The number of halogens is 4. The molecule has 3 aromatic carbocycles. The topological polar surface area (TPSA) is 59.9 Å². The van der Waals surface area contributed by atoms with Crippen LogP contribution in [0.1, 0.15) is 21.5 Å². The highest BCUT2D eigenvalue weighted by Crippen LogP contribution is 2.31. The number of nitrogens with zero attached hydrogens (tertiary/aromatic N) is 1. The van der Waals surface area contributed by atoms with Crippen molar-refractivity contribution in [1.82, 2.24) is 5.43 Å². The number of methoxy groups -OCH3 is 1. The molecule has 3 aromatic rings. The van der Waals surface area contributed by atoms with Crippen molar-refractivity contribution in [1.29, 1.82) is 0 Å². The molecular formula is C22H16Cl4N2O3. The Kier molecular flexibility index (Phi) is 8.04. The van der Waals surface area contributed by atoms with Gasteiger partial charge in [0.15, 0.2) is 11.5 Å². The minimum Gasteiger partial charge on any atom is -0.493 e. The maximum absolute atomic E-state index is 12.3. The fourth-order valence-corrected chi connectivity index (χ4v) is 3.44. The minimum absolute atomic E-state index is 0.227. The summed E-state index contributed by atoms with van der Waals surface area (Å²) in [5.41, 5.74) is 4.12. The molecule has 0 atom stereocenters. The van der Waals surface area contributed by atoms with Crippen molar-refractivity contribution >= 4 is 58.5 Å². The van der Waals surface area contributed by atoms with E-state index in [2.05, 4.69) is 10.5 Å². The average Bonchev–Trinajstić information content (AvgIpc) is 2.74. The second-order valence-corrected chi connectivity index (χ2v) is 7.90. The molecule has 0 saturated carbocycles. The second-order valence-electron chi connectivity index (χ2n) is 6.24. The van der Waals surface area contributed by atoms with E-state index in [0.29, 0.717) is 32.1 Å². The molecule has 9 heteroatoms. The normalized spacial score (nSPS) is 10.9. The average molecular weight is 498 g/mol. The minimum atomic E-state index is -0.473. The zero-order chi connectivity index (χ0) is 22.4. The molecule has 0 heterocycles.